The van der Waals surface area contributed by atoms with E-state index in [1.807, 2.05) is 68.4 Å². The van der Waals surface area contributed by atoms with Gasteiger partial charge in [-0.05, 0) is 22.6 Å². The Morgan fingerprint density at radius 1 is 0.947 bits per heavy atom. The molecule has 0 aromatic heterocycles. The van der Waals surface area contributed by atoms with Crippen LogP contribution in [0, 0.1) is 5.92 Å². The summed E-state index contributed by atoms with van der Waals surface area (Å²) < 4.78 is 0. The van der Waals surface area contributed by atoms with Gasteiger partial charge in [0.1, 0.15) is 0 Å². The Bertz CT molecular complexity index is 558. The number of carboxylic acid groups (broad SMARTS) is 1. The molecule has 0 aliphatic heterocycles. The van der Waals surface area contributed by atoms with Gasteiger partial charge in [-0.3, -0.25) is 4.79 Å². The highest BCUT2D eigenvalue weighted by Crippen LogP contribution is 2.33. The van der Waals surface area contributed by atoms with Crippen molar-refractivity contribution in [3.63, 3.8) is 0 Å². The highest BCUT2D eigenvalue weighted by atomic mass is 16.4. The molecule has 1 N–H and O–H groups in total. The molecule has 98 valence electrons. The Balaban J connectivity index is 2.56. The molecule has 2 aromatic rings. The van der Waals surface area contributed by atoms with Crippen LogP contribution >= 0.6 is 0 Å². The number of rotatable bonds is 4. The molecule has 0 radical (unpaired) electrons. The maximum Gasteiger partial charge on any atom is 0.311 e. The lowest BCUT2D eigenvalue weighted by Gasteiger charge is -2.20. The smallest absolute Gasteiger partial charge is 0.311 e. The molecule has 0 heterocycles. The van der Waals surface area contributed by atoms with E-state index < -0.39 is 11.9 Å². The number of carbonyl (C=O) groups is 1. The number of aliphatic carboxylic acids is 1. The molecule has 2 aromatic carbocycles. The number of hydrogen-bond acceptors (Lipinski definition) is 1. The molecule has 2 nitrogen and oxygen atoms in total. The minimum Gasteiger partial charge on any atom is -0.481 e. The molecular formula is C17H18O2. The first-order valence-electron chi connectivity index (χ1n) is 6.48. The molecule has 2 rings (SSSR count). The van der Waals surface area contributed by atoms with E-state index in [1.54, 1.807) is 0 Å². The van der Waals surface area contributed by atoms with Gasteiger partial charge >= 0.3 is 5.97 Å². The van der Waals surface area contributed by atoms with Gasteiger partial charge in [0.2, 0.25) is 0 Å². The normalized spacial score (nSPS) is 12.4. The van der Waals surface area contributed by atoms with Crippen LogP contribution < -0.4 is 0 Å². The fourth-order valence-corrected chi connectivity index (χ4v) is 2.43. The van der Waals surface area contributed by atoms with Crippen LogP contribution in [0.3, 0.4) is 0 Å². The second kappa shape index (κ2) is 5.70. The minimum absolute atomic E-state index is 0.0577. The Kier molecular flexibility index (Phi) is 4.00. The number of benzene rings is 2. The van der Waals surface area contributed by atoms with Crippen molar-refractivity contribution in [2.24, 2.45) is 5.92 Å². The van der Waals surface area contributed by atoms with Crippen molar-refractivity contribution in [3.8, 4) is 11.1 Å². The average Bonchev–Trinajstić information content (AvgIpc) is 2.39. The van der Waals surface area contributed by atoms with Crippen LogP contribution in [0.5, 0.6) is 0 Å². The maximum absolute atomic E-state index is 11.5. The lowest BCUT2D eigenvalue weighted by atomic mass is 9.84. The Labute approximate surface area is 113 Å². The summed E-state index contributed by atoms with van der Waals surface area (Å²) in [5.41, 5.74) is 2.95. The summed E-state index contributed by atoms with van der Waals surface area (Å²) in [6.45, 7) is 3.89. The van der Waals surface area contributed by atoms with Crippen LogP contribution in [0.4, 0.5) is 0 Å². The van der Waals surface area contributed by atoms with E-state index in [0.717, 1.165) is 16.7 Å². The van der Waals surface area contributed by atoms with E-state index in [0.29, 0.717) is 0 Å². The van der Waals surface area contributed by atoms with Gasteiger partial charge in [0.25, 0.3) is 0 Å². The van der Waals surface area contributed by atoms with E-state index in [9.17, 15) is 9.90 Å². The first-order chi connectivity index (χ1) is 9.11. The number of hydrogen-bond donors (Lipinski definition) is 1. The average molecular weight is 254 g/mol. The van der Waals surface area contributed by atoms with Gasteiger partial charge in [-0.1, -0.05) is 68.4 Å². The molecule has 0 bridgehead atoms. The standard InChI is InChI=1S/C17H18O2/c1-12(2)16(17(18)19)15-11-7-6-10-14(15)13-8-4-3-5-9-13/h3-12,16H,1-2H3,(H,18,19). The highest BCUT2D eigenvalue weighted by molar-refractivity contribution is 5.81. The molecule has 0 aliphatic rings. The second-order valence-electron chi connectivity index (χ2n) is 5.01. The van der Waals surface area contributed by atoms with Crippen molar-refractivity contribution in [2.45, 2.75) is 19.8 Å². The Hall–Kier alpha value is -2.09. The van der Waals surface area contributed by atoms with Crippen LogP contribution in [0.1, 0.15) is 25.3 Å². The zero-order valence-corrected chi connectivity index (χ0v) is 11.2. The fourth-order valence-electron chi connectivity index (χ4n) is 2.43. The summed E-state index contributed by atoms with van der Waals surface area (Å²) in [6.07, 6.45) is 0. The molecule has 0 fully saturated rings. The van der Waals surface area contributed by atoms with Gasteiger partial charge in [-0.25, -0.2) is 0 Å². The van der Waals surface area contributed by atoms with E-state index in [2.05, 4.69) is 0 Å². The van der Waals surface area contributed by atoms with Crippen LogP contribution in [-0.2, 0) is 4.79 Å². The van der Waals surface area contributed by atoms with Crippen molar-refractivity contribution in [2.75, 3.05) is 0 Å². The van der Waals surface area contributed by atoms with Crippen LogP contribution in [0.2, 0.25) is 0 Å². The third kappa shape index (κ3) is 2.84. The lowest BCUT2D eigenvalue weighted by molar-refractivity contribution is -0.139. The van der Waals surface area contributed by atoms with Crippen LogP contribution in [-0.4, -0.2) is 11.1 Å². The minimum atomic E-state index is -0.765. The van der Waals surface area contributed by atoms with Crippen molar-refractivity contribution in [3.05, 3.63) is 60.2 Å². The van der Waals surface area contributed by atoms with Crippen molar-refractivity contribution >= 4 is 5.97 Å². The molecule has 1 atom stereocenters. The third-order valence-corrected chi connectivity index (χ3v) is 3.31. The van der Waals surface area contributed by atoms with Crippen LogP contribution in [0.15, 0.2) is 54.6 Å². The zero-order chi connectivity index (χ0) is 13.8. The van der Waals surface area contributed by atoms with E-state index in [1.165, 1.54) is 0 Å². The van der Waals surface area contributed by atoms with E-state index >= 15 is 0 Å². The van der Waals surface area contributed by atoms with Crippen molar-refractivity contribution < 1.29 is 9.90 Å². The molecular weight excluding hydrogens is 236 g/mol. The lowest BCUT2D eigenvalue weighted by Crippen LogP contribution is -2.18. The van der Waals surface area contributed by atoms with E-state index in [4.69, 9.17) is 0 Å². The molecule has 2 heteroatoms. The molecule has 0 amide bonds. The summed E-state index contributed by atoms with van der Waals surface area (Å²) in [5, 5.41) is 9.47. The Morgan fingerprint density at radius 2 is 1.53 bits per heavy atom. The monoisotopic (exact) mass is 254 g/mol. The van der Waals surface area contributed by atoms with Gasteiger partial charge in [-0.2, -0.15) is 0 Å². The van der Waals surface area contributed by atoms with Crippen molar-refractivity contribution in [1.82, 2.24) is 0 Å². The zero-order valence-electron chi connectivity index (χ0n) is 11.2. The van der Waals surface area contributed by atoms with Gasteiger partial charge in [-0.15, -0.1) is 0 Å². The Morgan fingerprint density at radius 3 is 2.11 bits per heavy atom. The predicted molar refractivity (Wildman–Crippen MR) is 77.1 cm³/mol. The van der Waals surface area contributed by atoms with Crippen LogP contribution in [0.25, 0.3) is 11.1 Å². The first-order valence-corrected chi connectivity index (χ1v) is 6.48. The third-order valence-electron chi connectivity index (χ3n) is 3.31. The molecule has 19 heavy (non-hydrogen) atoms. The summed E-state index contributed by atoms with van der Waals surface area (Å²) in [7, 11) is 0. The fraction of sp³-hybridized carbons (Fsp3) is 0.235. The molecule has 1 unspecified atom stereocenters. The summed E-state index contributed by atoms with van der Waals surface area (Å²) in [4.78, 5) is 11.5. The maximum atomic E-state index is 11.5. The van der Waals surface area contributed by atoms with Gasteiger partial charge in [0.15, 0.2) is 0 Å². The second-order valence-corrected chi connectivity index (χ2v) is 5.01. The molecule has 0 saturated carbocycles. The van der Waals surface area contributed by atoms with Crippen molar-refractivity contribution in [1.29, 1.82) is 0 Å². The summed E-state index contributed by atoms with van der Waals surface area (Å²) >= 11 is 0. The quantitative estimate of drug-likeness (QED) is 0.888. The topological polar surface area (TPSA) is 37.3 Å². The first kappa shape index (κ1) is 13.3. The SMILES string of the molecule is CC(C)C(C(=O)O)c1ccccc1-c1ccccc1. The van der Waals surface area contributed by atoms with E-state index in [-0.39, 0.29) is 5.92 Å². The molecule has 0 spiro atoms. The van der Waals surface area contributed by atoms with Gasteiger partial charge < -0.3 is 5.11 Å². The summed E-state index contributed by atoms with van der Waals surface area (Å²) in [6, 6.07) is 17.7. The molecule has 0 saturated heterocycles. The number of carboxylic acids is 1. The summed E-state index contributed by atoms with van der Waals surface area (Å²) in [5.74, 6) is -1.18. The van der Waals surface area contributed by atoms with Gasteiger partial charge in [0, 0.05) is 0 Å². The van der Waals surface area contributed by atoms with Gasteiger partial charge in [0.05, 0.1) is 5.92 Å². The molecule has 0 aliphatic carbocycles. The predicted octanol–water partition coefficient (Wildman–Crippen LogP) is 4.18. The largest absolute Gasteiger partial charge is 0.481 e. The highest BCUT2D eigenvalue weighted by Gasteiger charge is 2.25.